The second-order valence-corrected chi connectivity index (χ2v) is 22.7. The molecule has 66 heavy (non-hydrogen) atoms. The standard InChI is InChI=1S/C47H72O19/c1-42(2)13-15-47(41(59)60)16-14-45(5)21(22(47)17-42)7-8-26-43(3)11-10-27(44(4,20-49)25(43)9-12-46(26,45)6)63-40-36(66-39-32(55)30(53)29(52)24(18-48)62-39)34(33(56)35(65-40)37(57)58)64-38-31(54)28(51)23(50)19-61-38/h7,20,22-36,38-40,48,50-56H,8-19H2,1-6H3,(H,57,58)(H,59,60)/t22-,23+,24+,25+,26+,27-,28-,29-,30-,31+,32+,33-,34?,35-,36+,38-,39-,40+,43-,44-,45+,46+,47-/m0/s1. The van der Waals surface area contributed by atoms with Gasteiger partial charge >= 0.3 is 11.9 Å². The predicted octanol–water partition coefficient (Wildman–Crippen LogP) is 0.617. The number of carboxylic acid groups (broad SMARTS) is 2. The average molecular weight is 941 g/mol. The maximum atomic E-state index is 13.8. The lowest BCUT2D eigenvalue weighted by atomic mass is 9.33. The van der Waals surface area contributed by atoms with Crippen LogP contribution in [0, 0.1) is 50.2 Å². The molecule has 0 aromatic rings. The molecule has 8 aliphatic rings. The van der Waals surface area contributed by atoms with Crippen LogP contribution in [0.1, 0.15) is 106 Å². The summed E-state index contributed by atoms with van der Waals surface area (Å²) in [4.78, 5) is 39.7. The Morgan fingerprint density at radius 1 is 0.727 bits per heavy atom. The molecule has 1 unspecified atom stereocenters. The zero-order chi connectivity index (χ0) is 48.3. The third-order valence-corrected chi connectivity index (χ3v) is 18.9. The molecule has 19 heteroatoms. The quantitative estimate of drug-likeness (QED) is 0.0815. The van der Waals surface area contributed by atoms with Crippen LogP contribution in [0.25, 0.3) is 0 Å². The van der Waals surface area contributed by atoms with Gasteiger partial charge in [-0.2, -0.15) is 0 Å². The molecule has 0 amide bonds. The Labute approximate surface area is 384 Å². The predicted molar refractivity (Wildman–Crippen MR) is 226 cm³/mol. The van der Waals surface area contributed by atoms with Gasteiger partial charge in [-0.1, -0.05) is 53.2 Å². The molecule has 0 bridgehead atoms. The lowest BCUT2D eigenvalue weighted by Crippen LogP contribution is -2.68. The first-order valence-corrected chi connectivity index (χ1v) is 23.7. The molecule has 0 aromatic heterocycles. The number of fused-ring (bicyclic) bond motifs is 7. The molecule has 3 heterocycles. The molecule has 5 aliphatic carbocycles. The van der Waals surface area contributed by atoms with E-state index in [1.807, 2.05) is 0 Å². The highest BCUT2D eigenvalue weighted by molar-refractivity contribution is 5.77. The van der Waals surface area contributed by atoms with Gasteiger partial charge in [-0.05, 0) is 104 Å². The molecule has 4 saturated carbocycles. The molecule has 23 atom stereocenters. The van der Waals surface area contributed by atoms with Crippen molar-refractivity contribution in [2.24, 2.45) is 50.2 Å². The second-order valence-electron chi connectivity index (χ2n) is 22.7. The maximum absolute atomic E-state index is 13.8. The number of carboxylic acids is 2. The summed E-state index contributed by atoms with van der Waals surface area (Å²) in [5.41, 5.74) is -1.72. The van der Waals surface area contributed by atoms with Crippen LogP contribution in [0.5, 0.6) is 0 Å². The molecule has 8 rings (SSSR count). The fourth-order valence-corrected chi connectivity index (χ4v) is 14.7. The molecular formula is C47H72O19. The van der Waals surface area contributed by atoms with Crippen LogP contribution in [0.2, 0.25) is 0 Å². The highest BCUT2D eigenvalue weighted by atomic mass is 16.8. The van der Waals surface area contributed by atoms with Crippen LogP contribution in [0.3, 0.4) is 0 Å². The molecule has 19 nitrogen and oxygen atoms in total. The summed E-state index contributed by atoms with van der Waals surface area (Å²) >= 11 is 0. The molecule has 10 N–H and O–H groups in total. The van der Waals surface area contributed by atoms with Gasteiger partial charge in [0.25, 0.3) is 0 Å². The third kappa shape index (κ3) is 7.65. The summed E-state index contributed by atoms with van der Waals surface area (Å²) in [5.74, 6) is -2.62. The first-order valence-electron chi connectivity index (χ1n) is 23.7. The number of ether oxygens (including phenoxy) is 6. The molecule has 3 saturated heterocycles. The molecule has 0 radical (unpaired) electrons. The monoisotopic (exact) mass is 940 g/mol. The SMILES string of the molecule is CC1(C)CC[C@]2(C(=O)O)CC[C@]3(C)C(=CC[C@@H]4[C@@]5(C)CC[C@H](O[C@@H]6O[C@H](C(=O)O)[C@@H](O)C(O[C@@H]7OC[C@@H](O)[C@H](O)[C@H]7O)[C@H]6O[C@@H]6O[C@H](CO)[C@H](O)[C@H](O)[C@H]6O)[C@@](C)(C=O)[C@@H]5CC[C@]43C)[C@@H]2C1. The van der Waals surface area contributed by atoms with Crippen LogP contribution in [-0.2, 0) is 42.8 Å². The Hall–Kier alpha value is -2.21. The van der Waals surface area contributed by atoms with Crippen molar-refractivity contribution >= 4 is 18.2 Å². The van der Waals surface area contributed by atoms with Crippen molar-refractivity contribution in [3.05, 3.63) is 11.6 Å². The number of allylic oxidation sites excluding steroid dienone is 2. The summed E-state index contributed by atoms with van der Waals surface area (Å²) in [7, 11) is 0. The molecule has 7 fully saturated rings. The zero-order valence-electron chi connectivity index (χ0n) is 38.7. The number of aliphatic hydroxyl groups excluding tert-OH is 8. The third-order valence-electron chi connectivity index (χ3n) is 18.9. The number of aliphatic carboxylic acids is 2. The molecular weight excluding hydrogens is 868 g/mol. The summed E-state index contributed by atoms with van der Waals surface area (Å²) in [6.07, 6.45) is -17.0. The van der Waals surface area contributed by atoms with Crippen LogP contribution >= 0.6 is 0 Å². The van der Waals surface area contributed by atoms with Gasteiger partial charge in [-0.25, -0.2) is 4.79 Å². The maximum Gasteiger partial charge on any atom is 0.335 e. The minimum atomic E-state index is -2.12. The Morgan fingerprint density at radius 3 is 2.05 bits per heavy atom. The zero-order valence-corrected chi connectivity index (χ0v) is 38.7. The van der Waals surface area contributed by atoms with Crippen molar-refractivity contribution in [3.8, 4) is 0 Å². The van der Waals surface area contributed by atoms with Crippen molar-refractivity contribution in [2.75, 3.05) is 13.2 Å². The van der Waals surface area contributed by atoms with Gasteiger partial charge < -0.3 is 84.3 Å². The summed E-state index contributed by atoms with van der Waals surface area (Å²) in [6.45, 7) is 11.8. The van der Waals surface area contributed by atoms with Crippen molar-refractivity contribution in [2.45, 2.75) is 198 Å². The smallest absolute Gasteiger partial charge is 0.335 e. The van der Waals surface area contributed by atoms with Gasteiger partial charge in [-0.15, -0.1) is 0 Å². The fraction of sp³-hybridized carbons (Fsp3) is 0.894. The molecule has 374 valence electrons. The topological polar surface area (TPSA) is 309 Å². The van der Waals surface area contributed by atoms with Crippen LogP contribution in [0.4, 0.5) is 0 Å². The van der Waals surface area contributed by atoms with E-state index in [0.717, 1.165) is 32.0 Å². The lowest BCUT2D eigenvalue weighted by Gasteiger charge is -2.71. The highest BCUT2D eigenvalue weighted by Crippen LogP contribution is 2.76. The van der Waals surface area contributed by atoms with E-state index in [9.17, 15) is 65.4 Å². The van der Waals surface area contributed by atoms with E-state index in [-0.39, 0.29) is 40.4 Å². The van der Waals surface area contributed by atoms with Gasteiger partial charge in [0, 0.05) is 0 Å². The van der Waals surface area contributed by atoms with E-state index >= 15 is 0 Å². The number of hydrogen-bond acceptors (Lipinski definition) is 17. The van der Waals surface area contributed by atoms with Crippen molar-refractivity contribution in [3.63, 3.8) is 0 Å². The Kier molecular flexibility index (Phi) is 13.4. The fourth-order valence-electron chi connectivity index (χ4n) is 14.7. The van der Waals surface area contributed by atoms with Gasteiger partial charge in [0.2, 0.25) is 0 Å². The normalized spacial score (nSPS) is 53.5. The van der Waals surface area contributed by atoms with Gasteiger partial charge in [0.15, 0.2) is 25.0 Å². The highest BCUT2D eigenvalue weighted by Gasteiger charge is 2.70. The van der Waals surface area contributed by atoms with Crippen molar-refractivity contribution in [1.82, 2.24) is 0 Å². The van der Waals surface area contributed by atoms with Crippen LogP contribution < -0.4 is 0 Å². The average Bonchev–Trinajstić information content (AvgIpc) is 3.26. The largest absolute Gasteiger partial charge is 0.481 e. The van der Waals surface area contributed by atoms with E-state index in [2.05, 4.69) is 40.7 Å². The Morgan fingerprint density at radius 2 is 1.39 bits per heavy atom. The molecule has 0 spiro atoms. The van der Waals surface area contributed by atoms with E-state index < -0.39 is 134 Å². The van der Waals surface area contributed by atoms with E-state index in [1.165, 1.54) is 5.57 Å². The minimum Gasteiger partial charge on any atom is -0.481 e. The Balaban J connectivity index is 1.12. The second kappa shape index (κ2) is 17.6. The van der Waals surface area contributed by atoms with Gasteiger partial charge in [0.05, 0.1) is 30.1 Å². The minimum absolute atomic E-state index is 0.000855. The van der Waals surface area contributed by atoms with Gasteiger partial charge in [0.1, 0.15) is 67.3 Å². The number of rotatable bonds is 10. The van der Waals surface area contributed by atoms with E-state index in [1.54, 1.807) is 6.92 Å². The van der Waals surface area contributed by atoms with Crippen molar-refractivity contribution in [1.29, 1.82) is 0 Å². The van der Waals surface area contributed by atoms with Crippen LogP contribution in [0.15, 0.2) is 11.6 Å². The van der Waals surface area contributed by atoms with E-state index in [0.29, 0.717) is 32.1 Å². The molecule has 0 aromatic carbocycles. The number of aliphatic hydroxyl groups is 8. The van der Waals surface area contributed by atoms with E-state index in [4.69, 9.17) is 28.4 Å². The first kappa shape index (κ1) is 50.2. The number of carbonyl (C=O) groups is 3. The van der Waals surface area contributed by atoms with Crippen molar-refractivity contribution < 1.29 is 93.9 Å². The molecule has 3 aliphatic heterocycles. The van der Waals surface area contributed by atoms with Gasteiger partial charge in [-0.3, -0.25) is 4.79 Å². The summed E-state index contributed by atoms with van der Waals surface area (Å²) in [6, 6.07) is 0. The number of hydrogen-bond donors (Lipinski definition) is 10. The summed E-state index contributed by atoms with van der Waals surface area (Å²) < 4.78 is 35.9. The number of aldehydes is 1. The first-order chi connectivity index (χ1) is 30.8. The van der Waals surface area contributed by atoms with Crippen LogP contribution in [-0.4, -0.2) is 175 Å². The number of carbonyl (C=O) groups excluding carboxylic acids is 1. The Bertz CT molecular complexity index is 1880. The summed E-state index contributed by atoms with van der Waals surface area (Å²) in [5, 5.41) is 106. The lowest BCUT2D eigenvalue weighted by molar-refractivity contribution is -0.391.